The second kappa shape index (κ2) is 4.97. The largest absolute Gasteiger partial charge is 0.497 e. The van der Waals surface area contributed by atoms with Crippen molar-refractivity contribution in [2.24, 2.45) is 0 Å². The molecule has 20 heavy (non-hydrogen) atoms. The van der Waals surface area contributed by atoms with Crippen molar-refractivity contribution in [1.82, 2.24) is 14.5 Å². The van der Waals surface area contributed by atoms with Gasteiger partial charge in [0.2, 0.25) is 0 Å². The highest BCUT2D eigenvalue weighted by Gasteiger charge is 2.12. The van der Waals surface area contributed by atoms with Crippen molar-refractivity contribution in [2.45, 2.75) is 0 Å². The number of benzene rings is 1. The smallest absolute Gasteiger partial charge is 0.184 e. The number of rotatable bonds is 3. The molecule has 2 aromatic heterocycles. The van der Waals surface area contributed by atoms with Crippen LogP contribution in [0.25, 0.3) is 16.9 Å². The van der Waals surface area contributed by atoms with Gasteiger partial charge in [-0.3, -0.25) is 4.57 Å². The molecule has 3 rings (SSSR count). The van der Waals surface area contributed by atoms with Crippen molar-refractivity contribution >= 4 is 23.4 Å². The minimum Gasteiger partial charge on any atom is -0.497 e. The molecule has 0 aliphatic rings. The van der Waals surface area contributed by atoms with Gasteiger partial charge < -0.3 is 14.5 Å². The average Bonchev–Trinajstić information content (AvgIpc) is 2.82. The Balaban J connectivity index is 2.30. The molecule has 5 nitrogen and oxygen atoms in total. The first-order chi connectivity index (χ1) is 9.74. The summed E-state index contributed by atoms with van der Waals surface area (Å²) in [4.78, 5) is 7.51. The summed E-state index contributed by atoms with van der Waals surface area (Å²) in [5.41, 5.74) is 2.47. The van der Waals surface area contributed by atoms with Gasteiger partial charge in [0.05, 0.1) is 25.4 Å². The number of aromatic nitrogens is 3. The molecule has 0 aliphatic heterocycles. The molecule has 6 heteroatoms. The number of hydrogen-bond donors (Lipinski definition) is 1. The number of fused-ring (bicyclic) bond motifs is 1. The van der Waals surface area contributed by atoms with Crippen LogP contribution in [0.15, 0.2) is 36.5 Å². The van der Waals surface area contributed by atoms with Gasteiger partial charge in [0, 0.05) is 12.3 Å². The number of aromatic amines is 1. The van der Waals surface area contributed by atoms with Crippen LogP contribution in [0.5, 0.6) is 11.5 Å². The van der Waals surface area contributed by atoms with Gasteiger partial charge in [0.15, 0.2) is 10.4 Å². The highest BCUT2D eigenvalue weighted by molar-refractivity contribution is 7.71. The molecular weight excluding hydrogens is 274 g/mol. The normalized spacial score (nSPS) is 10.7. The van der Waals surface area contributed by atoms with Crippen LogP contribution in [0.1, 0.15) is 0 Å². The predicted octanol–water partition coefficient (Wildman–Crippen LogP) is 3.10. The first kappa shape index (κ1) is 12.7. The number of imidazole rings is 1. The van der Waals surface area contributed by atoms with Crippen molar-refractivity contribution in [3.63, 3.8) is 0 Å². The molecule has 0 amide bonds. The van der Waals surface area contributed by atoms with E-state index in [9.17, 15) is 0 Å². The van der Waals surface area contributed by atoms with Crippen molar-refractivity contribution in [1.29, 1.82) is 0 Å². The number of methoxy groups -OCH3 is 2. The van der Waals surface area contributed by atoms with Crippen LogP contribution in [0, 0.1) is 4.77 Å². The minimum atomic E-state index is 0.571. The van der Waals surface area contributed by atoms with Crippen LogP contribution >= 0.6 is 12.2 Å². The van der Waals surface area contributed by atoms with Crippen molar-refractivity contribution in [2.75, 3.05) is 14.2 Å². The highest BCUT2D eigenvalue weighted by atomic mass is 32.1. The van der Waals surface area contributed by atoms with Crippen molar-refractivity contribution < 1.29 is 9.47 Å². The lowest BCUT2D eigenvalue weighted by Crippen LogP contribution is -1.99. The van der Waals surface area contributed by atoms with Crippen LogP contribution in [-0.2, 0) is 0 Å². The van der Waals surface area contributed by atoms with E-state index in [-0.39, 0.29) is 0 Å². The topological polar surface area (TPSA) is 52.1 Å². The monoisotopic (exact) mass is 287 g/mol. The lowest BCUT2D eigenvalue weighted by atomic mass is 10.2. The molecule has 1 aromatic carbocycles. The molecule has 0 bridgehead atoms. The summed E-state index contributed by atoms with van der Waals surface area (Å²) in [5.74, 6) is 1.40. The van der Waals surface area contributed by atoms with Crippen molar-refractivity contribution in [3.8, 4) is 17.2 Å². The molecule has 0 saturated heterocycles. The minimum absolute atomic E-state index is 0.571. The number of ether oxygens (including phenoxy) is 2. The Kier molecular flexibility index (Phi) is 3.15. The molecule has 3 aromatic rings. The number of hydrogen-bond acceptors (Lipinski definition) is 4. The summed E-state index contributed by atoms with van der Waals surface area (Å²) in [6, 6.07) is 9.38. The maximum Gasteiger partial charge on any atom is 0.184 e. The molecule has 0 radical (unpaired) electrons. The zero-order valence-corrected chi connectivity index (χ0v) is 11.9. The zero-order chi connectivity index (χ0) is 14.1. The van der Waals surface area contributed by atoms with Gasteiger partial charge in [0.1, 0.15) is 11.5 Å². The zero-order valence-electron chi connectivity index (χ0n) is 11.1. The van der Waals surface area contributed by atoms with Gasteiger partial charge in [-0.15, -0.1) is 0 Å². The Morgan fingerprint density at radius 1 is 1.20 bits per heavy atom. The van der Waals surface area contributed by atoms with E-state index in [0.29, 0.717) is 10.5 Å². The fourth-order valence-corrected chi connectivity index (χ4v) is 2.43. The molecule has 0 unspecified atom stereocenters. The summed E-state index contributed by atoms with van der Waals surface area (Å²) in [6.07, 6.45) is 1.73. The Bertz CT molecular complexity index is 823. The Labute approximate surface area is 120 Å². The molecular formula is C14H13N3O2S. The van der Waals surface area contributed by atoms with Gasteiger partial charge in [-0.1, -0.05) is 0 Å². The van der Waals surface area contributed by atoms with E-state index >= 15 is 0 Å². The van der Waals surface area contributed by atoms with E-state index < -0.39 is 0 Å². The third kappa shape index (κ3) is 1.94. The molecule has 0 spiro atoms. The third-order valence-electron chi connectivity index (χ3n) is 3.07. The van der Waals surface area contributed by atoms with Crippen LogP contribution in [0.3, 0.4) is 0 Å². The Morgan fingerprint density at radius 2 is 2.05 bits per heavy atom. The molecule has 0 fully saturated rings. The van der Waals surface area contributed by atoms with E-state index in [1.807, 2.05) is 34.9 Å². The van der Waals surface area contributed by atoms with Gasteiger partial charge in [-0.2, -0.15) is 0 Å². The lowest BCUT2D eigenvalue weighted by molar-refractivity contribution is 0.393. The first-order valence-electron chi connectivity index (χ1n) is 6.02. The van der Waals surface area contributed by atoms with E-state index in [1.165, 1.54) is 0 Å². The van der Waals surface area contributed by atoms with Crippen LogP contribution in [-0.4, -0.2) is 28.8 Å². The number of H-pyrrole nitrogens is 1. The maximum atomic E-state index is 5.43. The van der Waals surface area contributed by atoms with Crippen LogP contribution in [0.4, 0.5) is 0 Å². The highest BCUT2D eigenvalue weighted by Crippen LogP contribution is 2.30. The predicted molar refractivity (Wildman–Crippen MR) is 79.4 cm³/mol. The quantitative estimate of drug-likeness (QED) is 0.752. The van der Waals surface area contributed by atoms with E-state index in [0.717, 1.165) is 22.6 Å². The standard InChI is InChI=1S/C14H13N3O2S/c1-18-9-5-6-11(12(8-9)19-2)17-13-10(16-14(17)20)4-3-7-15-13/h3-8H,1-2H3,(H,16,20). The van der Waals surface area contributed by atoms with Crippen LogP contribution in [0.2, 0.25) is 0 Å². The number of nitrogens with zero attached hydrogens (tertiary/aromatic N) is 2. The van der Waals surface area contributed by atoms with Crippen molar-refractivity contribution in [3.05, 3.63) is 41.3 Å². The van der Waals surface area contributed by atoms with Crippen LogP contribution < -0.4 is 9.47 Å². The molecule has 2 heterocycles. The van der Waals surface area contributed by atoms with Gasteiger partial charge in [-0.05, 0) is 36.5 Å². The Morgan fingerprint density at radius 3 is 2.80 bits per heavy atom. The summed E-state index contributed by atoms with van der Waals surface area (Å²) >= 11 is 5.38. The fourth-order valence-electron chi connectivity index (χ4n) is 2.13. The van der Waals surface area contributed by atoms with Gasteiger partial charge >= 0.3 is 0 Å². The Hall–Kier alpha value is -2.34. The van der Waals surface area contributed by atoms with Gasteiger partial charge in [-0.25, -0.2) is 4.98 Å². The molecule has 0 saturated carbocycles. The number of pyridine rings is 1. The number of nitrogens with one attached hydrogen (secondary N) is 1. The average molecular weight is 287 g/mol. The lowest BCUT2D eigenvalue weighted by Gasteiger charge is -2.11. The summed E-state index contributed by atoms with van der Waals surface area (Å²) in [5, 5.41) is 0. The summed E-state index contributed by atoms with van der Waals surface area (Å²) in [6.45, 7) is 0. The summed E-state index contributed by atoms with van der Waals surface area (Å²) < 4.78 is 13.1. The second-order valence-corrected chi connectivity index (χ2v) is 4.56. The van der Waals surface area contributed by atoms with E-state index in [1.54, 1.807) is 20.4 Å². The SMILES string of the molecule is COc1ccc(-n2c(=S)[nH]c3cccnc32)c(OC)c1. The molecule has 1 N–H and O–H groups in total. The molecule has 0 aliphatic carbocycles. The molecule has 0 atom stereocenters. The summed E-state index contributed by atoms with van der Waals surface area (Å²) in [7, 11) is 3.23. The van der Waals surface area contributed by atoms with Gasteiger partial charge in [0.25, 0.3) is 0 Å². The fraction of sp³-hybridized carbons (Fsp3) is 0.143. The van der Waals surface area contributed by atoms with E-state index in [4.69, 9.17) is 21.7 Å². The first-order valence-corrected chi connectivity index (χ1v) is 6.43. The second-order valence-electron chi connectivity index (χ2n) is 4.18. The third-order valence-corrected chi connectivity index (χ3v) is 3.36. The molecule has 102 valence electrons. The maximum absolute atomic E-state index is 5.43. The van der Waals surface area contributed by atoms with E-state index in [2.05, 4.69) is 9.97 Å².